The van der Waals surface area contributed by atoms with Crippen molar-refractivity contribution in [2.75, 3.05) is 43.8 Å². The van der Waals surface area contributed by atoms with Crippen molar-refractivity contribution in [1.82, 2.24) is 9.80 Å². The van der Waals surface area contributed by atoms with Gasteiger partial charge in [-0.05, 0) is 54.8 Å². The summed E-state index contributed by atoms with van der Waals surface area (Å²) in [6, 6.07) is 13.3. The van der Waals surface area contributed by atoms with Crippen molar-refractivity contribution >= 4 is 39.8 Å². The highest BCUT2D eigenvalue weighted by atomic mass is 32.2. The van der Waals surface area contributed by atoms with Crippen LogP contribution in [-0.2, 0) is 14.8 Å². The molecule has 9 heteroatoms. The first-order chi connectivity index (χ1) is 13.9. The Balaban J connectivity index is 1.73. The van der Waals surface area contributed by atoms with Crippen LogP contribution in [0.4, 0.5) is 5.69 Å². The fraction of sp³-hybridized carbons (Fsp3) is 0.300. The Morgan fingerprint density at radius 3 is 2.10 bits per heavy atom. The fourth-order valence-corrected chi connectivity index (χ4v) is 4.68. The normalized spacial score (nSPS) is 14.6. The van der Waals surface area contributed by atoms with Crippen LogP contribution < -0.4 is 4.31 Å². The first kappa shape index (κ1) is 21.2. The second-order valence-corrected chi connectivity index (χ2v) is 9.48. The lowest BCUT2D eigenvalue weighted by atomic mass is 10.1. The van der Waals surface area contributed by atoms with E-state index >= 15 is 0 Å². The number of amides is 2. The molecule has 3 rings (SSSR count). The lowest BCUT2D eigenvalue weighted by molar-refractivity contribution is -0.119. The number of anilines is 1. The SMILES string of the molecule is CSc1ccc(S(=O)(=O)N(C)c2ccc(C(=O)N3CCN(C=O)CC3)cc2)cc1. The van der Waals surface area contributed by atoms with Crippen LogP contribution in [0.15, 0.2) is 58.3 Å². The van der Waals surface area contributed by atoms with Gasteiger partial charge in [-0.15, -0.1) is 11.8 Å². The van der Waals surface area contributed by atoms with Gasteiger partial charge >= 0.3 is 0 Å². The van der Waals surface area contributed by atoms with E-state index in [0.717, 1.165) is 11.3 Å². The number of carbonyl (C=O) groups is 2. The van der Waals surface area contributed by atoms with Crippen molar-refractivity contribution < 1.29 is 18.0 Å². The summed E-state index contributed by atoms with van der Waals surface area (Å²) >= 11 is 1.55. The molecule has 1 heterocycles. The van der Waals surface area contributed by atoms with E-state index in [2.05, 4.69) is 0 Å². The van der Waals surface area contributed by atoms with Crippen molar-refractivity contribution in [2.24, 2.45) is 0 Å². The minimum atomic E-state index is -3.69. The molecular weight excluding hydrogens is 410 g/mol. The first-order valence-corrected chi connectivity index (χ1v) is 11.7. The number of rotatable bonds is 6. The highest BCUT2D eigenvalue weighted by Crippen LogP contribution is 2.24. The van der Waals surface area contributed by atoms with E-state index in [1.165, 1.54) is 11.4 Å². The molecule has 0 bridgehead atoms. The number of carbonyl (C=O) groups excluding carboxylic acids is 2. The summed E-state index contributed by atoms with van der Waals surface area (Å²) in [5.74, 6) is -0.125. The zero-order valence-corrected chi connectivity index (χ0v) is 17.9. The number of thioether (sulfide) groups is 1. The molecule has 0 unspecified atom stereocenters. The van der Waals surface area contributed by atoms with Gasteiger partial charge in [0, 0.05) is 43.7 Å². The van der Waals surface area contributed by atoms with Crippen molar-refractivity contribution in [3.8, 4) is 0 Å². The lowest BCUT2D eigenvalue weighted by Gasteiger charge is -2.32. The van der Waals surface area contributed by atoms with Gasteiger partial charge in [-0.3, -0.25) is 13.9 Å². The third-order valence-electron chi connectivity index (χ3n) is 4.95. The highest BCUT2D eigenvalue weighted by molar-refractivity contribution is 7.98. The number of piperazine rings is 1. The second-order valence-electron chi connectivity index (χ2n) is 6.63. The zero-order chi connectivity index (χ0) is 21.0. The number of hydrogen-bond donors (Lipinski definition) is 0. The van der Waals surface area contributed by atoms with Crippen molar-refractivity contribution in [2.45, 2.75) is 9.79 Å². The molecule has 1 saturated heterocycles. The maximum absolute atomic E-state index is 12.9. The van der Waals surface area contributed by atoms with Crippen LogP contribution in [0.2, 0.25) is 0 Å². The molecule has 2 amide bonds. The maximum Gasteiger partial charge on any atom is 0.264 e. The molecule has 0 atom stereocenters. The molecule has 0 aromatic heterocycles. The lowest BCUT2D eigenvalue weighted by Crippen LogP contribution is -2.48. The van der Waals surface area contributed by atoms with Gasteiger partial charge in [0.25, 0.3) is 15.9 Å². The van der Waals surface area contributed by atoms with Gasteiger partial charge in [0.1, 0.15) is 0 Å². The molecule has 154 valence electrons. The van der Waals surface area contributed by atoms with Crippen LogP contribution in [0.3, 0.4) is 0 Å². The number of benzene rings is 2. The summed E-state index contributed by atoms with van der Waals surface area (Å²) in [6.07, 6.45) is 2.72. The van der Waals surface area contributed by atoms with Crippen LogP contribution in [0, 0.1) is 0 Å². The topological polar surface area (TPSA) is 78.0 Å². The number of sulfonamides is 1. The van der Waals surface area contributed by atoms with Crippen LogP contribution >= 0.6 is 11.8 Å². The van der Waals surface area contributed by atoms with E-state index in [9.17, 15) is 18.0 Å². The Kier molecular flexibility index (Phi) is 6.49. The minimum absolute atomic E-state index is 0.125. The molecule has 29 heavy (non-hydrogen) atoms. The molecule has 1 aliphatic rings. The summed E-state index contributed by atoms with van der Waals surface area (Å²) in [6.45, 7) is 2.01. The summed E-state index contributed by atoms with van der Waals surface area (Å²) in [7, 11) is -2.20. The van der Waals surface area contributed by atoms with Gasteiger partial charge in [-0.2, -0.15) is 0 Å². The Morgan fingerprint density at radius 2 is 1.59 bits per heavy atom. The van der Waals surface area contributed by atoms with Gasteiger partial charge < -0.3 is 9.80 Å². The Bertz CT molecular complexity index is 968. The molecule has 0 spiro atoms. The third kappa shape index (κ3) is 4.56. The molecule has 1 fully saturated rings. The molecule has 2 aromatic carbocycles. The third-order valence-corrected chi connectivity index (χ3v) is 7.49. The fourth-order valence-electron chi connectivity index (χ4n) is 3.07. The van der Waals surface area contributed by atoms with Crippen LogP contribution in [0.5, 0.6) is 0 Å². The van der Waals surface area contributed by atoms with Gasteiger partial charge in [0.15, 0.2) is 0 Å². The molecule has 0 N–H and O–H groups in total. The molecule has 0 saturated carbocycles. The molecular formula is C20H23N3O4S2. The Labute approximate surface area is 175 Å². The molecule has 0 aliphatic carbocycles. The molecule has 0 radical (unpaired) electrons. The minimum Gasteiger partial charge on any atom is -0.342 e. The van der Waals surface area contributed by atoms with E-state index in [1.54, 1.807) is 70.1 Å². The van der Waals surface area contributed by atoms with E-state index < -0.39 is 10.0 Å². The average Bonchev–Trinajstić information content (AvgIpc) is 2.78. The van der Waals surface area contributed by atoms with E-state index in [1.807, 2.05) is 6.26 Å². The molecule has 2 aromatic rings. The number of hydrogen-bond acceptors (Lipinski definition) is 5. The largest absolute Gasteiger partial charge is 0.342 e. The van der Waals surface area contributed by atoms with Crippen molar-refractivity contribution in [3.63, 3.8) is 0 Å². The predicted octanol–water partition coefficient (Wildman–Crippen LogP) is 2.15. The monoisotopic (exact) mass is 433 g/mol. The predicted molar refractivity (Wildman–Crippen MR) is 114 cm³/mol. The highest BCUT2D eigenvalue weighted by Gasteiger charge is 2.23. The van der Waals surface area contributed by atoms with Gasteiger partial charge in [-0.25, -0.2) is 8.42 Å². The average molecular weight is 434 g/mol. The van der Waals surface area contributed by atoms with E-state index in [0.29, 0.717) is 37.4 Å². The smallest absolute Gasteiger partial charge is 0.264 e. The van der Waals surface area contributed by atoms with Gasteiger partial charge in [0.2, 0.25) is 6.41 Å². The van der Waals surface area contributed by atoms with E-state index in [-0.39, 0.29) is 10.8 Å². The summed E-state index contributed by atoms with van der Waals surface area (Å²) < 4.78 is 26.9. The standard InChI is InChI=1S/C20H23N3O4S2/c1-21(29(26,27)19-9-7-18(28-2)8-10-19)17-5-3-16(4-6-17)20(25)23-13-11-22(15-24)12-14-23/h3-10,15H,11-14H2,1-2H3. The molecule has 1 aliphatic heterocycles. The summed E-state index contributed by atoms with van der Waals surface area (Å²) in [5.41, 5.74) is 0.963. The van der Waals surface area contributed by atoms with Crippen molar-refractivity contribution in [1.29, 1.82) is 0 Å². The van der Waals surface area contributed by atoms with Gasteiger partial charge in [0.05, 0.1) is 10.6 Å². The summed E-state index contributed by atoms with van der Waals surface area (Å²) in [4.78, 5) is 28.0. The zero-order valence-electron chi connectivity index (χ0n) is 16.3. The first-order valence-electron chi connectivity index (χ1n) is 9.08. The van der Waals surface area contributed by atoms with Crippen LogP contribution in [0.1, 0.15) is 10.4 Å². The van der Waals surface area contributed by atoms with Crippen LogP contribution in [-0.4, -0.2) is 70.0 Å². The van der Waals surface area contributed by atoms with E-state index in [4.69, 9.17) is 0 Å². The maximum atomic E-state index is 12.9. The molecule has 7 nitrogen and oxygen atoms in total. The van der Waals surface area contributed by atoms with Crippen LogP contribution in [0.25, 0.3) is 0 Å². The summed E-state index contributed by atoms with van der Waals surface area (Å²) in [5, 5.41) is 0. The number of nitrogens with zero attached hydrogens (tertiary/aromatic N) is 3. The van der Waals surface area contributed by atoms with Crippen molar-refractivity contribution in [3.05, 3.63) is 54.1 Å². The van der Waals surface area contributed by atoms with Gasteiger partial charge in [-0.1, -0.05) is 0 Å². The quantitative estimate of drug-likeness (QED) is 0.515. The second kappa shape index (κ2) is 8.87. The Morgan fingerprint density at radius 1 is 1.00 bits per heavy atom. The Hall–Kier alpha value is -2.52.